The molecule has 4 nitrogen and oxygen atoms in total. The minimum absolute atomic E-state index is 0.218. The summed E-state index contributed by atoms with van der Waals surface area (Å²) >= 11 is 0. The minimum Gasteiger partial charge on any atom is -0.455 e. The summed E-state index contributed by atoms with van der Waals surface area (Å²) in [5.41, 5.74) is 2.99. The van der Waals surface area contributed by atoms with Crippen LogP contribution < -0.4 is 5.32 Å². The number of ether oxygens (including phenoxy) is 1. The van der Waals surface area contributed by atoms with Crippen molar-refractivity contribution in [3.8, 4) is 0 Å². The van der Waals surface area contributed by atoms with E-state index in [9.17, 15) is 14.0 Å². The van der Waals surface area contributed by atoms with E-state index in [1.54, 1.807) is 18.2 Å². The van der Waals surface area contributed by atoms with Crippen LogP contribution in [-0.4, -0.2) is 18.5 Å². The third-order valence-electron chi connectivity index (χ3n) is 4.19. The Morgan fingerprint density at radius 1 is 0.821 bits per heavy atom. The Kier molecular flexibility index (Phi) is 6.52. The lowest BCUT2D eigenvalue weighted by Crippen LogP contribution is -2.22. The van der Waals surface area contributed by atoms with Gasteiger partial charge in [-0.3, -0.25) is 9.59 Å². The van der Waals surface area contributed by atoms with E-state index in [0.29, 0.717) is 12.1 Å². The number of rotatable bonds is 7. The normalized spacial score (nSPS) is 10.3. The van der Waals surface area contributed by atoms with E-state index in [4.69, 9.17) is 4.74 Å². The Bertz CT molecular complexity index is 957. The molecule has 5 heteroatoms. The van der Waals surface area contributed by atoms with Crippen molar-refractivity contribution in [3.63, 3.8) is 0 Å². The van der Waals surface area contributed by atoms with Crippen molar-refractivity contribution in [1.82, 2.24) is 0 Å². The summed E-state index contributed by atoms with van der Waals surface area (Å²) in [6.45, 7) is -0.424. The number of esters is 1. The van der Waals surface area contributed by atoms with Crippen LogP contribution in [0.3, 0.4) is 0 Å². The van der Waals surface area contributed by atoms with Crippen LogP contribution in [0.4, 0.5) is 10.1 Å². The fourth-order valence-corrected chi connectivity index (χ4v) is 2.79. The van der Waals surface area contributed by atoms with Crippen molar-refractivity contribution >= 4 is 17.6 Å². The third-order valence-corrected chi connectivity index (χ3v) is 4.19. The number of nitrogens with one attached hydrogen (secondary N) is 1. The van der Waals surface area contributed by atoms with Gasteiger partial charge in [0.1, 0.15) is 5.82 Å². The quantitative estimate of drug-likeness (QED) is 0.630. The molecule has 0 saturated carbocycles. The average Bonchev–Trinajstić information content (AvgIpc) is 2.70. The second kappa shape index (κ2) is 9.46. The van der Waals surface area contributed by atoms with Gasteiger partial charge >= 0.3 is 5.97 Å². The number of carbonyl (C=O) groups is 2. The predicted molar refractivity (Wildman–Crippen MR) is 105 cm³/mol. The summed E-state index contributed by atoms with van der Waals surface area (Å²) in [5.74, 6) is -1.57. The topological polar surface area (TPSA) is 55.4 Å². The molecule has 0 heterocycles. The van der Waals surface area contributed by atoms with Crippen molar-refractivity contribution in [3.05, 3.63) is 101 Å². The highest BCUT2D eigenvalue weighted by atomic mass is 19.1. The van der Waals surface area contributed by atoms with Crippen LogP contribution in [0.15, 0.2) is 78.9 Å². The summed E-state index contributed by atoms with van der Waals surface area (Å²) in [5, 5.41) is 2.77. The van der Waals surface area contributed by atoms with Crippen LogP contribution in [0.25, 0.3) is 0 Å². The Balaban J connectivity index is 1.55. The lowest BCUT2D eigenvalue weighted by Gasteiger charge is -2.11. The molecule has 0 atom stereocenters. The van der Waals surface area contributed by atoms with Crippen LogP contribution in [-0.2, 0) is 27.2 Å². The highest BCUT2D eigenvalue weighted by Crippen LogP contribution is 2.19. The number of amides is 1. The molecule has 0 aliphatic carbocycles. The summed E-state index contributed by atoms with van der Waals surface area (Å²) in [6, 6.07) is 23.4. The third kappa shape index (κ3) is 5.51. The van der Waals surface area contributed by atoms with Gasteiger partial charge in [-0.2, -0.15) is 0 Å². The van der Waals surface area contributed by atoms with E-state index < -0.39 is 24.3 Å². The fraction of sp³-hybridized carbons (Fsp3) is 0.130. The van der Waals surface area contributed by atoms with E-state index in [2.05, 4.69) is 5.32 Å². The molecule has 0 fully saturated rings. The van der Waals surface area contributed by atoms with E-state index in [-0.39, 0.29) is 12.0 Å². The minimum atomic E-state index is -0.655. The van der Waals surface area contributed by atoms with Gasteiger partial charge < -0.3 is 10.1 Å². The highest BCUT2D eigenvalue weighted by molar-refractivity contribution is 5.93. The monoisotopic (exact) mass is 377 g/mol. The van der Waals surface area contributed by atoms with E-state index in [1.165, 1.54) is 12.1 Å². The predicted octanol–water partition coefficient (Wildman–Crippen LogP) is 4.14. The van der Waals surface area contributed by atoms with Crippen molar-refractivity contribution in [1.29, 1.82) is 0 Å². The molecule has 0 radical (unpaired) electrons. The van der Waals surface area contributed by atoms with Crippen molar-refractivity contribution < 1.29 is 18.7 Å². The van der Waals surface area contributed by atoms with Gasteiger partial charge in [-0.05, 0) is 35.2 Å². The van der Waals surface area contributed by atoms with Crippen molar-refractivity contribution in [2.45, 2.75) is 12.8 Å². The van der Waals surface area contributed by atoms with Gasteiger partial charge in [0.25, 0.3) is 5.91 Å². The Labute approximate surface area is 163 Å². The summed E-state index contributed by atoms with van der Waals surface area (Å²) in [6.07, 6.45) is 0.453. The van der Waals surface area contributed by atoms with E-state index in [1.807, 2.05) is 48.5 Å². The van der Waals surface area contributed by atoms with Crippen LogP contribution in [0.5, 0.6) is 0 Å². The lowest BCUT2D eigenvalue weighted by molar-refractivity contribution is -0.146. The molecule has 1 N–H and O–H groups in total. The first-order valence-corrected chi connectivity index (χ1v) is 8.92. The SMILES string of the molecule is O=C(COC(=O)Cc1ccccc1F)Nc1ccccc1Cc1ccccc1. The van der Waals surface area contributed by atoms with Gasteiger partial charge in [0.15, 0.2) is 6.61 Å². The maximum Gasteiger partial charge on any atom is 0.310 e. The largest absolute Gasteiger partial charge is 0.455 e. The molecule has 142 valence electrons. The first kappa shape index (κ1) is 19.3. The van der Waals surface area contributed by atoms with Gasteiger partial charge in [-0.1, -0.05) is 66.7 Å². The Hall–Kier alpha value is -3.47. The smallest absolute Gasteiger partial charge is 0.310 e. The fourth-order valence-electron chi connectivity index (χ4n) is 2.79. The number of anilines is 1. The standard InChI is InChI=1S/C23H20FNO3/c24-20-12-6-4-10-18(20)15-23(27)28-16-22(26)25-21-13-7-5-11-19(21)14-17-8-2-1-3-9-17/h1-13H,14-16H2,(H,25,26). The molecule has 3 rings (SSSR count). The van der Waals surface area contributed by atoms with E-state index >= 15 is 0 Å². The molecule has 0 saturated heterocycles. The molecule has 0 spiro atoms. The number of para-hydroxylation sites is 1. The number of carbonyl (C=O) groups excluding carboxylic acids is 2. The Morgan fingerprint density at radius 2 is 1.46 bits per heavy atom. The maximum absolute atomic E-state index is 13.6. The average molecular weight is 377 g/mol. The molecule has 0 aliphatic heterocycles. The number of benzene rings is 3. The summed E-state index contributed by atoms with van der Waals surface area (Å²) < 4.78 is 18.5. The van der Waals surface area contributed by atoms with Crippen molar-refractivity contribution in [2.75, 3.05) is 11.9 Å². The molecular weight excluding hydrogens is 357 g/mol. The first-order chi connectivity index (χ1) is 13.6. The Morgan fingerprint density at radius 3 is 2.21 bits per heavy atom. The van der Waals surface area contributed by atoms with Gasteiger partial charge in [0, 0.05) is 5.69 Å². The first-order valence-electron chi connectivity index (χ1n) is 8.92. The molecular formula is C23H20FNO3. The van der Waals surface area contributed by atoms with Gasteiger partial charge in [0.05, 0.1) is 6.42 Å². The van der Waals surface area contributed by atoms with Crippen molar-refractivity contribution in [2.24, 2.45) is 0 Å². The maximum atomic E-state index is 13.6. The second-order valence-electron chi connectivity index (χ2n) is 6.30. The second-order valence-corrected chi connectivity index (χ2v) is 6.30. The van der Waals surface area contributed by atoms with Crippen LogP contribution >= 0.6 is 0 Å². The molecule has 0 aromatic heterocycles. The van der Waals surface area contributed by atoms with Crippen LogP contribution in [0.1, 0.15) is 16.7 Å². The summed E-state index contributed by atoms with van der Waals surface area (Å²) in [7, 11) is 0. The zero-order valence-corrected chi connectivity index (χ0v) is 15.2. The molecule has 0 unspecified atom stereocenters. The molecule has 28 heavy (non-hydrogen) atoms. The van der Waals surface area contributed by atoms with Crippen LogP contribution in [0.2, 0.25) is 0 Å². The number of halogens is 1. The molecule has 1 amide bonds. The van der Waals surface area contributed by atoms with Gasteiger partial charge in [0.2, 0.25) is 0 Å². The molecule has 3 aromatic carbocycles. The molecule has 0 bridgehead atoms. The lowest BCUT2D eigenvalue weighted by atomic mass is 10.0. The number of hydrogen-bond acceptors (Lipinski definition) is 3. The number of hydrogen-bond donors (Lipinski definition) is 1. The summed E-state index contributed by atoms with van der Waals surface area (Å²) in [4.78, 5) is 24.0. The zero-order valence-electron chi connectivity index (χ0n) is 15.2. The van der Waals surface area contributed by atoms with E-state index in [0.717, 1.165) is 11.1 Å². The van der Waals surface area contributed by atoms with Crippen LogP contribution in [0, 0.1) is 5.82 Å². The molecule has 3 aromatic rings. The van der Waals surface area contributed by atoms with Gasteiger partial charge in [-0.15, -0.1) is 0 Å². The zero-order chi connectivity index (χ0) is 19.8. The molecule has 0 aliphatic rings. The highest BCUT2D eigenvalue weighted by Gasteiger charge is 2.12. The van der Waals surface area contributed by atoms with Gasteiger partial charge in [-0.25, -0.2) is 4.39 Å².